The maximum Gasteiger partial charge on any atom is 0.0588 e. The van der Waals surface area contributed by atoms with Gasteiger partial charge in [-0.25, -0.2) is 0 Å². The van der Waals surface area contributed by atoms with E-state index < -0.39 is 0 Å². The van der Waals surface area contributed by atoms with Crippen LogP contribution in [0.4, 0.5) is 0 Å². The molecular formula is C16H30N2O. The molecular weight excluding hydrogens is 236 g/mol. The van der Waals surface area contributed by atoms with Gasteiger partial charge in [-0.1, -0.05) is 19.3 Å². The minimum atomic E-state index is 0.476. The van der Waals surface area contributed by atoms with Crippen molar-refractivity contribution in [3.63, 3.8) is 0 Å². The van der Waals surface area contributed by atoms with Crippen LogP contribution in [0.15, 0.2) is 0 Å². The Hall–Kier alpha value is -0.120. The lowest BCUT2D eigenvalue weighted by Crippen LogP contribution is -2.64. The van der Waals surface area contributed by atoms with Gasteiger partial charge >= 0.3 is 0 Å². The molecule has 3 heteroatoms. The van der Waals surface area contributed by atoms with E-state index in [2.05, 4.69) is 17.1 Å². The topological polar surface area (TPSA) is 24.5 Å². The van der Waals surface area contributed by atoms with Crippen LogP contribution < -0.4 is 5.32 Å². The summed E-state index contributed by atoms with van der Waals surface area (Å²) in [6, 6.07) is 0.650. The molecule has 0 aromatic heterocycles. The van der Waals surface area contributed by atoms with E-state index in [1.165, 1.54) is 71.0 Å². The van der Waals surface area contributed by atoms with Gasteiger partial charge in [-0.15, -0.1) is 0 Å². The lowest BCUT2D eigenvalue weighted by molar-refractivity contribution is -0.000612. The van der Waals surface area contributed by atoms with E-state index in [-0.39, 0.29) is 0 Å². The van der Waals surface area contributed by atoms with Crippen molar-refractivity contribution in [1.29, 1.82) is 0 Å². The number of hydrogen-bond acceptors (Lipinski definition) is 3. The van der Waals surface area contributed by atoms with E-state index >= 15 is 0 Å². The predicted molar refractivity (Wildman–Crippen MR) is 78.4 cm³/mol. The fourth-order valence-electron chi connectivity index (χ4n) is 4.27. The average molecular weight is 266 g/mol. The third-order valence-electron chi connectivity index (χ3n) is 5.47. The molecule has 0 aromatic rings. The Balaban J connectivity index is 1.60. The standard InChI is InChI=1S/C16H30N2O/c1-14-12-18(10-7-15-6-5-11-19-15)16(13-17-14)8-3-2-4-9-16/h14-15,17H,2-13H2,1H3. The smallest absolute Gasteiger partial charge is 0.0588 e. The summed E-state index contributed by atoms with van der Waals surface area (Å²) in [7, 11) is 0. The Bertz CT molecular complexity index is 282. The van der Waals surface area contributed by atoms with Crippen LogP contribution in [0, 0.1) is 0 Å². The molecule has 2 aliphatic heterocycles. The normalized spacial score (nSPS) is 35.8. The van der Waals surface area contributed by atoms with Crippen molar-refractivity contribution in [3.8, 4) is 0 Å². The van der Waals surface area contributed by atoms with Crippen molar-refractivity contribution < 1.29 is 4.74 Å². The molecule has 1 saturated carbocycles. The number of nitrogens with zero attached hydrogens (tertiary/aromatic N) is 1. The van der Waals surface area contributed by atoms with Gasteiger partial charge in [-0.3, -0.25) is 4.90 Å². The van der Waals surface area contributed by atoms with Crippen LogP contribution in [0.5, 0.6) is 0 Å². The summed E-state index contributed by atoms with van der Waals surface area (Å²) in [5.74, 6) is 0. The fraction of sp³-hybridized carbons (Fsp3) is 1.00. The molecule has 1 aliphatic carbocycles. The first-order valence-electron chi connectivity index (χ1n) is 8.39. The number of piperazine rings is 1. The highest BCUT2D eigenvalue weighted by atomic mass is 16.5. The zero-order valence-corrected chi connectivity index (χ0v) is 12.5. The van der Waals surface area contributed by atoms with Gasteiger partial charge in [0.15, 0.2) is 0 Å². The molecule has 0 aromatic carbocycles. The van der Waals surface area contributed by atoms with Crippen LogP contribution in [0.3, 0.4) is 0 Å². The van der Waals surface area contributed by atoms with Crippen molar-refractivity contribution in [2.45, 2.75) is 76.0 Å². The number of ether oxygens (including phenoxy) is 1. The predicted octanol–water partition coefficient (Wildman–Crippen LogP) is 2.55. The zero-order chi connectivity index (χ0) is 13.1. The van der Waals surface area contributed by atoms with Crippen molar-refractivity contribution in [2.75, 3.05) is 26.2 Å². The highest BCUT2D eigenvalue weighted by Gasteiger charge is 2.41. The molecule has 0 bridgehead atoms. The second-order valence-electron chi connectivity index (χ2n) is 6.94. The van der Waals surface area contributed by atoms with Gasteiger partial charge in [-0.2, -0.15) is 0 Å². The monoisotopic (exact) mass is 266 g/mol. The van der Waals surface area contributed by atoms with E-state index in [9.17, 15) is 0 Å². The maximum atomic E-state index is 5.80. The van der Waals surface area contributed by atoms with E-state index in [0.29, 0.717) is 17.7 Å². The van der Waals surface area contributed by atoms with Gasteiger partial charge in [0.2, 0.25) is 0 Å². The molecule has 3 nitrogen and oxygen atoms in total. The van der Waals surface area contributed by atoms with Crippen LogP contribution in [0.1, 0.15) is 58.3 Å². The Morgan fingerprint density at radius 3 is 2.79 bits per heavy atom. The van der Waals surface area contributed by atoms with Gasteiger partial charge < -0.3 is 10.1 Å². The average Bonchev–Trinajstić information content (AvgIpc) is 2.94. The Labute approximate surface area is 118 Å². The minimum Gasteiger partial charge on any atom is -0.378 e. The molecule has 2 unspecified atom stereocenters. The summed E-state index contributed by atoms with van der Waals surface area (Å²) in [5.41, 5.74) is 0.476. The first kappa shape index (κ1) is 13.8. The summed E-state index contributed by atoms with van der Waals surface area (Å²) in [5, 5.41) is 3.73. The molecule has 3 aliphatic rings. The first-order valence-corrected chi connectivity index (χ1v) is 8.39. The molecule has 1 spiro atoms. The zero-order valence-electron chi connectivity index (χ0n) is 12.5. The molecule has 2 heterocycles. The molecule has 1 N–H and O–H groups in total. The number of nitrogens with one attached hydrogen (secondary N) is 1. The number of hydrogen-bond donors (Lipinski definition) is 1. The Morgan fingerprint density at radius 2 is 2.05 bits per heavy atom. The molecule has 3 fully saturated rings. The molecule has 2 saturated heterocycles. The summed E-state index contributed by atoms with van der Waals surface area (Å²) >= 11 is 0. The highest BCUT2D eigenvalue weighted by molar-refractivity contribution is 4.99. The molecule has 0 radical (unpaired) electrons. The largest absolute Gasteiger partial charge is 0.378 e. The summed E-state index contributed by atoms with van der Waals surface area (Å²) in [6.45, 7) is 7.01. The summed E-state index contributed by atoms with van der Waals surface area (Å²) in [6.07, 6.45) is 11.4. The first-order chi connectivity index (χ1) is 9.28. The van der Waals surface area contributed by atoms with E-state index in [4.69, 9.17) is 4.74 Å². The molecule has 0 amide bonds. The van der Waals surface area contributed by atoms with E-state index in [1.54, 1.807) is 0 Å². The van der Waals surface area contributed by atoms with Crippen molar-refractivity contribution in [2.24, 2.45) is 0 Å². The second kappa shape index (κ2) is 6.11. The molecule has 3 rings (SSSR count). The third-order valence-corrected chi connectivity index (χ3v) is 5.47. The van der Waals surface area contributed by atoms with Crippen molar-refractivity contribution in [1.82, 2.24) is 10.2 Å². The summed E-state index contributed by atoms with van der Waals surface area (Å²) in [4.78, 5) is 2.81. The lowest BCUT2D eigenvalue weighted by Gasteiger charge is -2.52. The quantitative estimate of drug-likeness (QED) is 0.849. The third kappa shape index (κ3) is 3.14. The maximum absolute atomic E-state index is 5.80. The van der Waals surface area contributed by atoms with Crippen molar-refractivity contribution in [3.05, 3.63) is 0 Å². The molecule has 110 valence electrons. The van der Waals surface area contributed by atoms with Crippen molar-refractivity contribution >= 4 is 0 Å². The van der Waals surface area contributed by atoms with Gasteiger partial charge in [0.1, 0.15) is 0 Å². The van der Waals surface area contributed by atoms with Crippen LogP contribution in [0.25, 0.3) is 0 Å². The van der Waals surface area contributed by atoms with Crippen LogP contribution >= 0.6 is 0 Å². The molecule has 2 atom stereocenters. The van der Waals surface area contributed by atoms with Gasteiger partial charge in [0.05, 0.1) is 6.10 Å². The van der Waals surface area contributed by atoms with E-state index in [0.717, 1.165) is 6.61 Å². The molecule has 19 heavy (non-hydrogen) atoms. The van der Waals surface area contributed by atoms with Gasteiger partial charge in [-0.05, 0) is 39.0 Å². The summed E-state index contributed by atoms with van der Waals surface area (Å²) < 4.78 is 5.80. The van der Waals surface area contributed by atoms with E-state index in [1.807, 2.05) is 0 Å². The Kier molecular flexibility index (Phi) is 4.45. The van der Waals surface area contributed by atoms with Crippen LogP contribution in [-0.2, 0) is 4.74 Å². The van der Waals surface area contributed by atoms with Gasteiger partial charge in [0, 0.05) is 37.8 Å². The van der Waals surface area contributed by atoms with Crippen LogP contribution in [-0.4, -0.2) is 48.8 Å². The lowest BCUT2D eigenvalue weighted by atomic mass is 9.78. The Morgan fingerprint density at radius 1 is 1.21 bits per heavy atom. The SMILES string of the molecule is CC1CN(CCC2CCCO2)C2(CCCCC2)CN1. The van der Waals surface area contributed by atoms with Gasteiger partial charge in [0.25, 0.3) is 0 Å². The van der Waals surface area contributed by atoms with Crippen LogP contribution in [0.2, 0.25) is 0 Å². The highest BCUT2D eigenvalue weighted by Crippen LogP contribution is 2.35. The fourth-order valence-corrected chi connectivity index (χ4v) is 4.27. The minimum absolute atomic E-state index is 0.476. The number of rotatable bonds is 3. The second-order valence-corrected chi connectivity index (χ2v) is 6.94.